The molecule has 164 valence electrons. The number of ether oxygens (including phenoxy) is 3. The summed E-state index contributed by atoms with van der Waals surface area (Å²) in [7, 11) is 1.79. The maximum absolute atomic E-state index is 11.9. The molecule has 8 nitrogen and oxygen atoms in total. The van der Waals surface area contributed by atoms with E-state index in [4.69, 9.17) is 14.2 Å². The summed E-state index contributed by atoms with van der Waals surface area (Å²) in [5.41, 5.74) is 1.18. The molecule has 4 rings (SSSR count). The largest absolute Gasteiger partial charge is 0.454 e. The first kappa shape index (κ1) is 20.8. The number of aliphatic imine (C=N–C) groups is 1. The molecule has 0 bridgehead atoms. The molecule has 1 aromatic carbocycles. The molecule has 0 aliphatic carbocycles. The Hall–Kier alpha value is -2.48. The number of guanidine groups is 1. The third-order valence-corrected chi connectivity index (χ3v) is 6.44. The predicted molar refractivity (Wildman–Crippen MR) is 114 cm³/mol. The van der Waals surface area contributed by atoms with E-state index in [1.165, 1.54) is 5.56 Å². The highest BCUT2D eigenvalue weighted by atomic mass is 16.7. The number of fused-ring (bicyclic) bond motifs is 1. The van der Waals surface area contributed by atoms with Gasteiger partial charge in [-0.2, -0.15) is 0 Å². The highest BCUT2D eigenvalue weighted by molar-refractivity contribution is 5.80. The number of hydrogen-bond donors (Lipinski definition) is 2. The van der Waals surface area contributed by atoms with E-state index in [9.17, 15) is 4.79 Å². The molecule has 0 aromatic heterocycles. The van der Waals surface area contributed by atoms with Crippen LogP contribution in [0.15, 0.2) is 23.2 Å². The summed E-state index contributed by atoms with van der Waals surface area (Å²) in [6.45, 7) is 5.95. The van der Waals surface area contributed by atoms with Gasteiger partial charge in [-0.05, 0) is 37.0 Å². The maximum Gasteiger partial charge on any atom is 0.231 e. The Kier molecular flexibility index (Phi) is 6.32. The van der Waals surface area contributed by atoms with Gasteiger partial charge in [0.1, 0.15) is 0 Å². The number of carbonyl (C=O) groups excluding carboxylic acids is 1. The van der Waals surface area contributed by atoms with E-state index >= 15 is 0 Å². The second kappa shape index (κ2) is 9.12. The molecule has 1 atom stereocenters. The van der Waals surface area contributed by atoms with Gasteiger partial charge in [0.05, 0.1) is 0 Å². The van der Waals surface area contributed by atoms with E-state index in [1.807, 2.05) is 17.9 Å². The predicted octanol–water partition coefficient (Wildman–Crippen LogP) is 1.64. The Labute approximate surface area is 178 Å². The van der Waals surface area contributed by atoms with E-state index in [0.29, 0.717) is 6.42 Å². The number of amides is 1. The Morgan fingerprint density at radius 2 is 2.07 bits per heavy atom. The summed E-state index contributed by atoms with van der Waals surface area (Å²) in [5.74, 6) is 2.61. The van der Waals surface area contributed by atoms with Crippen LogP contribution in [0.1, 0.15) is 38.2 Å². The lowest BCUT2D eigenvalue weighted by Crippen LogP contribution is -2.50. The molecule has 0 spiro atoms. The van der Waals surface area contributed by atoms with Crippen molar-refractivity contribution in [1.29, 1.82) is 0 Å². The molecule has 0 radical (unpaired) electrons. The fourth-order valence-electron chi connectivity index (χ4n) is 4.53. The van der Waals surface area contributed by atoms with E-state index in [1.54, 1.807) is 7.05 Å². The fraction of sp³-hybridized carbons (Fsp3) is 0.636. The molecule has 2 fully saturated rings. The first-order chi connectivity index (χ1) is 14.6. The normalized spacial score (nSPS) is 22.8. The molecule has 3 heterocycles. The molecule has 2 N–H and O–H groups in total. The topological polar surface area (TPSA) is 84.4 Å². The number of carbonyl (C=O) groups is 1. The average Bonchev–Trinajstić information content (AvgIpc) is 3.45. The molecule has 1 aromatic rings. The number of rotatable bonds is 5. The van der Waals surface area contributed by atoms with E-state index in [0.717, 1.165) is 69.6 Å². The minimum atomic E-state index is -0.0588. The monoisotopic (exact) mass is 416 g/mol. The number of likely N-dealkylation sites (tertiary alicyclic amines) is 1. The van der Waals surface area contributed by atoms with Gasteiger partial charge < -0.3 is 29.7 Å². The molecule has 30 heavy (non-hydrogen) atoms. The van der Waals surface area contributed by atoms with Gasteiger partial charge in [-0.3, -0.25) is 9.79 Å². The molecule has 0 saturated carbocycles. The first-order valence-corrected chi connectivity index (χ1v) is 10.9. The van der Waals surface area contributed by atoms with Crippen LogP contribution in [0.4, 0.5) is 0 Å². The number of benzene rings is 1. The average molecular weight is 417 g/mol. The minimum Gasteiger partial charge on any atom is -0.454 e. The molecule has 8 heteroatoms. The standard InChI is InChI=1S/C22H32N4O4/c1-3-20(27)26-9-6-17(13-26)25-21(23-2)24-14-22(7-10-28-11-8-22)16-4-5-18-19(12-16)30-15-29-18/h4-5,12,17H,3,6-11,13-15H2,1-2H3,(H2,23,24,25). The van der Waals surface area contributed by atoms with Crippen LogP contribution in [-0.4, -0.2) is 69.5 Å². The maximum atomic E-state index is 11.9. The van der Waals surface area contributed by atoms with Gasteiger partial charge in [-0.25, -0.2) is 0 Å². The van der Waals surface area contributed by atoms with Gasteiger partial charge in [0.25, 0.3) is 0 Å². The lowest BCUT2D eigenvalue weighted by atomic mass is 9.74. The molecule has 3 aliphatic rings. The quantitative estimate of drug-likeness (QED) is 0.561. The minimum absolute atomic E-state index is 0.0588. The van der Waals surface area contributed by atoms with Crippen molar-refractivity contribution in [3.63, 3.8) is 0 Å². The fourth-order valence-corrected chi connectivity index (χ4v) is 4.53. The van der Waals surface area contributed by atoms with Crippen LogP contribution >= 0.6 is 0 Å². The highest BCUT2D eigenvalue weighted by Gasteiger charge is 2.36. The Morgan fingerprint density at radius 1 is 1.27 bits per heavy atom. The summed E-state index contributed by atoms with van der Waals surface area (Å²) in [6, 6.07) is 6.47. The van der Waals surface area contributed by atoms with Crippen molar-refractivity contribution in [3.8, 4) is 11.5 Å². The Balaban J connectivity index is 1.42. The molecule has 2 saturated heterocycles. The van der Waals surface area contributed by atoms with E-state index in [2.05, 4.69) is 27.8 Å². The van der Waals surface area contributed by atoms with Crippen molar-refractivity contribution in [3.05, 3.63) is 23.8 Å². The first-order valence-electron chi connectivity index (χ1n) is 10.9. The summed E-state index contributed by atoms with van der Waals surface area (Å²) in [5, 5.41) is 7.03. The van der Waals surface area contributed by atoms with E-state index < -0.39 is 0 Å². The van der Waals surface area contributed by atoms with Crippen molar-refractivity contribution in [2.24, 2.45) is 4.99 Å². The van der Waals surface area contributed by atoms with Gasteiger partial charge in [0.15, 0.2) is 17.5 Å². The zero-order valence-corrected chi connectivity index (χ0v) is 17.9. The lowest BCUT2D eigenvalue weighted by molar-refractivity contribution is -0.129. The van der Waals surface area contributed by atoms with Gasteiger partial charge >= 0.3 is 0 Å². The summed E-state index contributed by atoms with van der Waals surface area (Å²) < 4.78 is 16.7. The number of nitrogens with one attached hydrogen (secondary N) is 2. The zero-order chi connectivity index (χ0) is 21.0. The Bertz CT molecular complexity index is 791. The van der Waals surface area contributed by atoms with Crippen molar-refractivity contribution in [2.45, 2.75) is 44.1 Å². The van der Waals surface area contributed by atoms with Crippen LogP contribution in [-0.2, 0) is 14.9 Å². The molecule has 1 unspecified atom stereocenters. The van der Waals surface area contributed by atoms with Crippen LogP contribution < -0.4 is 20.1 Å². The van der Waals surface area contributed by atoms with Crippen molar-refractivity contribution in [2.75, 3.05) is 46.7 Å². The SMILES string of the molecule is CCC(=O)N1CCC(NC(=NC)NCC2(c3ccc4c(c3)OCO4)CCOCC2)C1. The molecule has 3 aliphatic heterocycles. The second-order valence-electron chi connectivity index (χ2n) is 8.21. The summed E-state index contributed by atoms with van der Waals surface area (Å²) in [6.07, 6.45) is 3.35. The Morgan fingerprint density at radius 3 is 2.83 bits per heavy atom. The smallest absolute Gasteiger partial charge is 0.231 e. The summed E-state index contributed by atoms with van der Waals surface area (Å²) in [4.78, 5) is 18.3. The number of hydrogen-bond acceptors (Lipinski definition) is 5. The molecular formula is C22H32N4O4. The van der Waals surface area contributed by atoms with Gasteiger partial charge in [-0.1, -0.05) is 13.0 Å². The van der Waals surface area contributed by atoms with E-state index in [-0.39, 0.29) is 24.2 Å². The van der Waals surface area contributed by atoms with Gasteiger partial charge in [0, 0.05) is 57.8 Å². The second-order valence-corrected chi connectivity index (χ2v) is 8.21. The van der Waals surface area contributed by atoms with Crippen molar-refractivity contribution in [1.82, 2.24) is 15.5 Å². The summed E-state index contributed by atoms with van der Waals surface area (Å²) >= 11 is 0. The van der Waals surface area contributed by atoms with Crippen molar-refractivity contribution < 1.29 is 19.0 Å². The third-order valence-electron chi connectivity index (χ3n) is 6.44. The number of nitrogens with zero attached hydrogens (tertiary/aromatic N) is 2. The van der Waals surface area contributed by atoms with Crippen molar-refractivity contribution >= 4 is 11.9 Å². The highest BCUT2D eigenvalue weighted by Crippen LogP contribution is 2.40. The van der Waals surface area contributed by atoms with Crippen LogP contribution in [0.2, 0.25) is 0 Å². The zero-order valence-electron chi connectivity index (χ0n) is 17.9. The molecule has 1 amide bonds. The molecular weight excluding hydrogens is 384 g/mol. The van der Waals surface area contributed by atoms with Gasteiger partial charge in [0.2, 0.25) is 12.7 Å². The van der Waals surface area contributed by atoms with Crippen LogP contribution in [0.5, 0.6) is 11.5 Å². The van der Waals surface area contributed by atoms with Crippen LogP contribution in [0.3, 0.4) is 0 Å². The van der Waals surface area contributed by atoms with Gasteiger partial charge in [-0.15, -0.1) is 0 Å². The van der Waals surface area contributed by atoms with Crippen LogP contribution in [0, 0.1) is 0 Å². The van der Waals surface area contributed by atoms with Crippen LogP contribution in [0.25, 0.3) is 0 Å². The lowest BCUT2D eigenvalue weighted by Gasteiger charge is -2.38. The third kappa shape index (κ3) is 4.33.